The molecule has 0 spiro atoms. The van der Waals surface area contributed by atoms with Crippen molar-refractivity contribution in [3.8, 4) is 0 Å². The van der Waals surface area contributed by atoms with Crippen LogP contribution in [-0.4, -0.2) is 52.9 Å². The fourth-order valence-corrected chi connectivity index (χ4v) is 1.58. The van der Waals surface area contributed by atoms with Gasteiger partial charge in [0.25, 0.3) is 0 Å². The largest absolute Gasteiger partial charge is 0.355 e. The van der Waals surface area contributed by atoms with E-state index in [0.29, 0.717) is 25.8 Å². The van der Waals surface area contributed by atoms with Gasteiger partial charge >= 0.3 is 0 Å². The average molecular weight is 267 g/mol. The van der Waals surface area contributed by atoms with Crippen LogP contribution < -0.4 is 11.1 Å². The minimum Gasteiger partial charge on any atom is -0.355 e. The number of carbonyl (C=O) groups is 1. The highest BCUT2D eigenvalue weighted by molar-refractivity contribution is 7.98. The Morgan fingerprint density at radius 2 is 2.24 bits per heavy atom. The Kier molecular flexibility index (Phi) is 10.5. The van der Waals surface area contributed by atoms with Crippen molar-refractivity contribution in [1.82, 2.24) is 10.7 Å². The molecule has 0 radical (unpaired) electrons. The van der Waals surface area contributed by atoms with Crippen molar-refractivity contribution in [2.75, 3.05) is 25.2 Å². The Morgan fingerprint density at radius 3 is 2.82 bits per heavy atom. The van der Waals surface area contributed by atoms with E-state index in [4.69, 9.17) is 16.1 Å². The van der Waals surface area contributed by atoms with Gasteiger partial charge in [0, 0.05) is 6.54 Å². The molecule has 1 atom stereocenters. The number of unbranched alkanes of at least 4 members (excludes halogenated alkanes) is 1. The minimum atomic E-state index is -0.455. The van der Waals surface area contributed by atoms with Crippen molar-refractivity contribution in [1.29, 1.82) is 0 Å². The Labute approximate surface area is 105 Å². The topological polar surface area (TPSA) is 108 Å². The maximum atomic E-state index is 11.4. The van der Waals surface area contributed by atoms with Crippen LogP contribution in [0.25, 0.3) is 0 Å². The van der Waals surface area contributed by atoms with Crippen LogP contribution in [0.5, 0.6) is 0 Å². The third-order valence-corrected chi connectivity index (χ3v) is 2.69. The van der Waals surface area contributed by atoms with Crippen LogP contribution in [0, 0.1) is 0 Å². The molecule has 7 nitrogen and oxygen atoms in total. The van der Waals surface area contributed by atoms with Gasteiger partial charge in [0.1, 0.15) is 0 Å². The van der Waals surface area contributed by atoms with Crippen LogP contribution in [0.2, 0.25) is 0 Å². The van der Waals surface area contributed by atoms with E-state index in [1.54, 1.807) is 11.8 Å². The third-order valence-electron chi connectivity index (χ3n) is 2.05. The molecule has 0 aliphatic rings. The first-order valence-electron chi connectivity index (χ1n) is 5.41. The summed E-state index contributed by atoms with van der Waals surface area (Å²) in [5.41, 5.74) is 5.66. The van der Waals surface area contributed by atoms with Gasteiger partial charge in [-0.05, 0) is 31.3 Å². The first-order chi connectivity index (χ1) is 8.07. The molecule has 1 amide bonds. The van der Waals surface area contributed by atoms with Crippen molar-refractivity contribution in [2.45, 2.75) is 25.3 Å². The maximum absolute atomic E-state index is 11.4. The van der Waals surface area contributed by atoms with E-state index >= 15 is 0 Å². The van der Waals surface area contributed by atoms with Crippen LogP contribution in [0.15, 0.2) is 0 Å². The van der Waals surface area contributed by atoms with Crippen LogP contribution in [0.4, 0.5) is 0 Å². The zero-order chi connectivity index (χ0) is 13.1. The van der Waals surface area contributed by atoms with Crippen molar-refractivity contribution in [3.05, 3.63) is 0 Å². The van der Waals surface area contributed by atoms with Gasteiger partial charge in [-0.2, -0.15) is 11.8 Å². The summed E-state index contributed by atoms with van der Waals surface area (Å²) in [7, 11) is 0. The van der Waals surface area contributed by atoms with Gasteiger partial charge in [0.05, 0.1) is 18.0 Å². The molecule has 0 rings (SSSR count). The fraction of sp³-hybridized carbons (Fsp3) is 0.889. The zero-order valence-corrected chi connectivity index (χ0v) is 10.8. The highest BCUT2D eigenvalue weighted by atomic mass is 32.2. The molecule has 0 aliphatic carbocycles. The lowest BCUT2D eigenvalue weighted by molar-refractivity contribution is -0.492. The average Bonchev–Trinajstić information content (AvgIpc) is 2.29. The first-order valence-corrected chi connectivity index (χ1v) is 6.80. The summed E-state index contributed by atoms with van der Waals surface area (Å²) >= 11 is 1.66. The molecule has 0 saturated carbocycles. The van der Waals surface area contributed by atoms with Gasteiger partial charge in [-0.25, -0.2) is 0 Å². The van der Waals surface area contributed by atoms with E-state index in [9.17, 15) is 4.79 Å². The number of rotatable bonds is 10. The van der Waals surface area contributed by atoms with E-state index in [1.807, 2.05) is 6.26 Å². The lowest BCUT2D eigenvalue weighted by Crippen LogP contribution is -2.41. The monoisotopic (exact) mass is 267 g/mol. The number of carbonyl (C=O) groups excluding carboxylic acids is 1. The molecule has 5 N–H and O–H groups in total. The number of amides is 1. The third kappa shape index (κ3) is 10.5. The second-order valence-corrected chi connectivity index (χ2v) is 4.46. The number of hydrogen-bond acceptors (Lipinski definition) is 7. The predicted molar refractivity (Wildman–Crippen MR) is 64.6 cm³/mol. The Hall–Kier alpha value is -0.380. The highest BCUT2D eigenvalue weighted by Gasteiger charge is 2.11. The van der Waals surface area contributed by atoms with Gasteiger partial charge in [-0.15, -0.1) is 0 Å². The normalized spacial score (nSPS) is 12.8. The highest BCUT2D eigenvalue weighted by Crippen LogP contribution is 1.98. The molecule has 102 valence electrons. The second kappa shape index (κ2) is 10.8. The van der Waals surface area contributed by atoms with Gasteiger partial charge < -0.3 is 11.1 Å². The second-order valence-electron chi connectivity index (χ2n) is 3.47. The van der Waals surface area contributed by atoms with E-state index < -0.39 is 6.04 Å². The fourth-order valence-electron chi connectivity index (χ4n) is 1.09. The molecule has 1 unspecified atom stereocenters. The van der Waals surface area contributed by atoms with Crippen molar-refractivity contribution < 1.29 is 20.0 Å². The molecular formula is C9H21N3O4S. The maximum Gasteiger partial charge on any atom is 0.236 e. The number of thioether (sulfide) groups is 1. The van der Waals surface area contributed by atoms with Gasteiger partial charge in [-0.3, -0.25) is 20.0 Å². The molecule has 17 heavy (non-hydrogen) atoms. The summed E-state index contributed by atoms with van der Waals surface area (Å²) in [5, 5.41) is 18.9. The summed E-state index contributed by atoms with van der Waals surface area (Å²) < 4.78 is 0. The Morgan fingerprint density at radius 1 is 1.53 bits per heavy atom. The van der Waals surface area contributed by atoms with Crippen LogP contribution >= 0.6 is 11.8 Å². The molecule has 0 saturated heterocycles. The number of nitrogens with zero attached hydrogens (tertiary/aromatic N) is 1. The van der Waals surface area contributed by atoms with E-state index in [1.165, 1.54) is 0 Å². The zero-order valence-electron chi connectivity index (χ0n) is 9.96. The number of nitrogens with two attached hydrogens (primary N) is 1. The molecule has 0 aromatic heterocycles. The molecule has 0 aliphatic heterocycles. The van der Waals surface area contributed by atoms with Crippen molar-refractivity contribution in [2.24, 2.45) is 5.73 Å². The minimum absolute atomic E-state index is 0.147. The number of nitrogens with one attached hydrogen (secondary N) is 1. The van der Waals surface area contributed by atoms with Crippen LogP contribution in [-0.2, 0) is 9.63 Å². The summed E-state index contributed by atoms with van der Waals surface area (Å²) in [4.78, 5) is 15.8. The SMILES string of the molecule is CSCCC(N)C(=O)NCCCCON(O)O. The lowest BCUT2D eigenvalue weighted by atomic mass is 10.2. The molecule has 0 aromatic carbocycles. The van der Waals surface area contributed by atoms with Crippen molar-refractivity contribution >= 4 is 17.7 Å². The van der Waals surface area contributed by atoms with Gasteiger partial charge in [-0.1, -0.05) is 0 Å². The van der Waals surface area contributed by atoms with Gasteiger partial charge in [0.2, 0.25) is 5.91 Å². The molecule has 0 fully saturated rings. The summed E-state index contributed by atoms with van der Waals surface area (Å²) in [5.74, 6) is 0.719. The summed E-state index contributed by atoms with van der Waals surface area (Å²) in [6.07, 6.45) is 3.93. The van der Waals surface area contributed by atoms with E-state index in [-0.39, 0.29) is 17.9 Å². The molecule has 0 bridgehead atoms. The van der Waals surface area contributed by atoms with Crippen LogP contribution in [0.1, 0.15) is 19.3 Å². The summed E-state index contributed by atoms with van der Waals surface area (Å²) in [6.45, 7) is 0.688. The predicted octanol–water partition coefficient (Wildman–Crippen LogP) is -0.0248. The summed E-state index contributed by atoms with van der Waals surface area (Å²) in [6, 6.07) is -0.455. The molecular weight excluding hydrogens is 246 g/mol. The Bertz CT molecular complexity index is 207. The van der Waals surface area contributed by atoms with E-state index in [2.05, 4.69) is 10.2 Å². The smallest absolute Gasteiger partial charge is 0.236 e. The molecule has 0 heterocycles. The molecule has 0 aromatic rings. The Balaban J connectivity index is 3.38. The first kappa shape index (κ1) is 16.6. The standard InChI is InChI=1S/C9H21N3O4S/c1-17-7-4-8(10)9(13)11-5-2-3-6-16-12(14)15/h8,14-15H,2-7,10H2,1H3,(H,11,13). The lowest BCUT2D eigenvalue weighted by Gasteiger charge is -2.11. The quantitative estimate of drug-likeness (QED) is 0.325. The van der Waals surface area contributed by atoms with Gasteiger partial charge in [0.15, 0.2) is 0 Å². The van der Waals surface area contributed by atoms with Crippen LogP contribution in [0.3, 0.4) is 0 Å². The van der Waals surface area contributed by atoms with Crippen molar-refractivity contribution in [3.63, 3.8) is 0 Å². The molecule has 8 heteroatoms. The number of hydrogen-bond donors (Lipinski definition) is 4. The van der Waals surface area contributed by atoms with E-state index in [0.717, 1.165) is 5.75 Å².